The van der Waals surface area contributed by atoms with E-state index >= 15 is 0 Å². The largest absolute Gasteiger partial charge is 0.457 e. The van der Waals surface area contributed by atoms with E-state index in [1.807, 2.05) is 36.4 Å². The second-order valence-corrected chi connectivity index (χ2v) is 10.2. The van der Waals surface area contributed by atoms with Crippen molar-refractivity contribution in [2.45, 2.75) is 19.5 Å². The highest BCUT2D eigenvalue weighted by atomic mass is 16.5. The minimum Gasteiger partial charge on any atom is -0.457 e. The fourth-order valence-corrected chi connectivity index (χ4v) is 4.78. The molecule has 1 aliphatic heterocycles. The Morgan fingerprint density at radius 1 is 0.763 bits per heavy atom. The van der Waals surface area contributed by atoms with E-state index in [-0.39, 0.29) is 0 Å². The van der Waals surface area contributed by atoms with E-state index in [2.05, 4.69) is 76.6 Å². The van der Waals surface area contributed by atoms with Gasteiger partial charge in [-0.15, -0.1) is 0 Å². The van der Waals surface area contributed by atoms with Crippen molar-refractivity contribution in [2.24, 2.45) is 0 Å². The third-order valence-corrected chi connectivity index (χ3v) is 6.86. The molecule has 4 aromatic rings. The van der Waals surface area contributed by atoms with Crippen LogP contribution in [0, 0.1) is 0 Å². The number of fused-ring (bicyclic) bond motifs is 1. The molecule has 198 valence electrons. The zero-order valence-electron chi connectivity index (χ0n) is 22.5. The van der Waals surface area contributed by atoms with Gasteiger partial charge in [-0.1, -0.05) is 42.5 Å². The standard InChI is InChI=1S/C31H38N6O/c1-35(2)18-8-17-32-31-28-11-6-7-12-29(28)33-30(34-31)24-37-21-19-36(20-22-37)23-25-13-15-27(16-14-25)38-26-9-4-3-5-10-26/h3-7,9-16H,8,17-24H2,1-2H3,(H,32,33,34). The molecule has 7 nitrogen and oxygen atoms in total. The van der Waals surface area contributed by atoms with Gasteiger partial charge in [-0.2, -0.15) is 0 Å². The van der Waals surface area contributed by atoms with Crippen LogP contribution in [0.15, 0.2) is 78.9 Å². The van der Waals surface area contributed by atoms with E-state index in [9.17, 15) is 0 Å². The van der Waals surface area contributed by atoms with Crippen LogP contribution in [0.1, 0.15) is 17.8 Å². The Labute approximate surface area is 226 Å². The van der Waals surface area contributed by atoms with Crippen molar-refractivity contribution in [1.82, 2.24) is 24.7 Å². The summed E-state index contributed by atoms with van der Waals surface area (Å²) in [6.45, 7) is 7.77. The summed E-state index contributed by atoms with van der Waals surface area (Å²) in [5.74, 6) is 3.56. The minimum atomic E-state index is 0.774. The van der Waals surface area contributed by atoms with Crippen LogP contribution in [-0.4, -0.2) is 78.0 Å². The molecule has 5 rings (SSSR count). The predicted octanol–water partition coefficient (Wildman–Crippen LogP) is 5.10. The molecule has 1 saturated heterocycles. The zero-order valence-corrected chi connectivity index (χ0v) is 22.5. The molecule has 3 aromatic carbocycles. The molecule has 0 atom stereocenters. The molecule has 0 saturated carbocycles. The van der Waals surface area contributed by atoms with Crippen LogP contribution < -0.4 is 10.1 Å². The van der Waals surface area contributed by atoms with Crippen molar-refractivity contribution < 1.29 is 4.74 Å². The molecule has 2 heterocycles. The number of nitrogens with zero attached hydrogens (tertiary/aromatic N) is 5. The van der Waals surface area contributed by atoms with E-state index in [0.29, 0.717) is 0 Å². The lowest BCUT2D eigenvalue weighted by molar-refractivity contribution is 0.120. The molecule has 0 radical (unpaired) electrons. The molecule has 1 aromatic heterocycles. The smallest absolute Gasteiger partial charge is 0.145 e. The summed E-state index contributed by atoms with van der Waals surface area (Å²) in [5, 5.41) is 4.65. The van der Waals surface area contributed by atoms with Gasteiger partial charge in [-0.05, 0) is 69.0 Å². The van der Waals surface area contributed by atoms with E-state index in [4.69, 9.17) is 14.7 Å². The normalized spacial score (nSPS) is 14.7. The van der Waals surface area contributed by atoms with Crippen LogP contribution in [0.5, 0.6) is 11.5 Å². The van der Waals surface area contributed by atoms with E-state index in [1.54, 1.807) is 0 Å². The second kappa shape index (κ2) is 12.8. The average molecular weight is 511 g/mol. The van der Waals surface area contributed by atoms with Gasteiger partial charge >= 0.3 is 0 Å². The van der Waals surface area contributed by atoms with E-state index in [0.717, 1.165) is 92.8 Å². The molecule has 0 spiro atoms. The summed E-state index contributed by atoms with van der Waals surface area (Å²) < 4.78 is 5.93. The summed E-state index contributed by atoms with van der Waals surface area (Å²) in [4.78, 5) is 17.0. The quantitative estimate of drug-likeness (QED) is 0.282. The maximum atomic E-state index is 5.93. The van der Waals surface area contributed by atoms with Crippen LogP contribution in [0.3, 0.4) is 0 Å². The Morgan fingerprint density at radius 3 is 2.16 bits per heavy atom. The molecule has 1 fully saturated rings. The molecule has 0 amide bonds. The first kappa shape index (κ1) is 26.1. The van der Waals surface area contributed by atoms with Crippen molar-refractivity contribution in [3.8, 4) is 11.5 Å². The highest BCUT2D eigenvalue weighted by Crippen LogP contribution is 2.23. The lowest BCUT2D eigenvalue weighted by Gasteiger charge is -2.34. The Bertz CT molecular complexity index is 1290. The maximum absolute atomic E-state index is 5.93. The number of para-hydroxylation sites is 2. The second-order valence-electron chi connectivity index (χ2n) is 10.2. The van der Waals surface area contributed by atoms with Gasteiger partial charge in [0.15, 0.2) is 0 Å². The van der Waals surface area contributed by atoms with Crippen molar-refractivity contribution in [3.63, 3.8) is 0 Å². The fourth-order valence-electron chi connectivity index (χ4n) is 4.78. The topological polar surface area (TPSA) is 56.8 Å². The Balaban J connectivity index is 1.13. The number of benzene rings is 3. The number of aromatic nitrogens is 2. The van der Waals surface area contributed by atoms with E-state index < -0.39 is 0 Å². The monoisotopic (exact) mass is 510 g/mol. The van der Waals surface area contributed by atoms with Crippen LogP contribution >= 0.6 is 0 Å². The lowest BCUT2D eigenvalue weighted by Crippen LogP contribution is -2.45. The van der Waals surface area contributed by atoms with Crippen molar-refractivity contribution in [2.75, 3.05) is 58.7 Å². The van der Waals surface area contributed by atoms with Gasteiger partial charge < -0.3 is 15.0 Å². The number of anilines is 1. The highest BCUT2D eigenvalue weighted by molar-refractivity contribution is 5.88. The highest BCUT2D eigenvalue weighted by Gasteiger charge is 2.19. The molecule has 0 unspecified atom stereocenters. The maximum Gasteiger partial charge on any atom is 0.145 e. The third kappa shape index (κ3) is 7.28. The molecular formula is C31H38N6O. The van der Waals surface area contributed by atoms with Gasteiger partial charge in [0.05, 0.1) is 12.1 Å². The summed E-state index contributed by atoms with van der Waals surface area (Å²) in [6, 6.07) is 26.6. The Hall–Kier alpha value is -3.52. The molecule has 1 aliphatic rings. The van der Waals surface area contributed by atoms with Gasteiger partial charge in [-0.25, -0.2) is 9.97 Å². The summed E-state index contributed by atoms with van der Waals surface area (Å²) in [7, 11) is 4.21. The van der Waals surface area contributed by atoms with Crippen molar-refractivity contribution in [1.29, 1.82) is 0 Å². The minimum absolute atomic E-state index is 0.774. The number of ether oxygens (including phenoxy) is 1. The molecular weight excluding hydrogens is 472 g/mol. The van der Waals surface area contributed by atoms with Crippen LogP contribution in [0.2, 0.25) is 0 Å². The Kier molecular flexibility index (Phi) is 8.81. The number of piperazine rings is 1. The van der Waals surface area contributed by atoms with Crippen LogP contribution in [-0.2, 0) is 13.1 Å². The van der Waals surface area contributed by atoms with Crippen molar-refractivity contribution in [3.05, 3.63) is 90.3 Å². The summed E-state index contributed by atoms with van der Waals surface area (Å²) in [5.41, 5.74) is 2.31. The zero-order chi connectivity index (χ0) is 26.2. The summed E-state index contributed by atoms with van der Waals surface area (Å²) in [6.07, 6.45) is 1.07. The van der Waals surface area contributed by atoms with Gasteiger partial charge in [0.25, 0.3) is 0 Å². The Morgan fingerprint density at radius 2 is 1.42 bits per heavy atom. The third-order valence-electron chi connectivity index (χ3n) is 6.86. The molecule has 7 heteroatoms. The molecule has 38 heavy (non-hydrogen) atoms. The van der Waals surface area contributed by atoms with Gasteiger partial charge in [0.1, 0.15) is 23.1 Å². The van der Waals surface area contributed by atoms with Gasteiger partial charge in [0, 0.05) is 44.7 Å². The predicted molar refractivity (Wildman–Crippen MR) is 155 cm³/mol. The van der Waals surface area contributed by atoms with Crippen LogP contribution in [0.4, 0.5) is 5.82 Å². The van der Waals surface area contributed by atoms with Gasteiger partial charge in [-0.3, -0.25) is 9.80 Å². The lowest BCUT2D eigenvalue weighted by atomic mass is 10.2. The number of nitrogens with one attached hydrogen (secondary N) is 1. The average Bonchev–Trinajstić information content (AvgIpc) is 2.94. The van der Waals surface area contributed by atoms with E-state index in [1.165, 1.54) is 5.56 Å². The summed E-state index contributed by atoms with van der Waals surface area (Å²) >= 11 is 0. The molecule has 1 N–H and O–H groups in total. The SMILES string of the molecule is CN(C)CCCNc1nc(CN2CCN(Cc3ccc(Oc4ccccc4)cc3)CC2)nc2ccccc12. The first-order chi connectivity index (χ1) is 18.6. The first-order valence-corrected chi connectivity index (χ1v) is 13.5. The number of hydrogen-bond acceptors (Lipinski definition) is 7. The fraction of sp³-hybridized carbons (Fsp3) is 0.355. The first-order valence-electron chi connectivity index (χ1n) is 13.5. The number of rotatable bonds is 11. The van der Waals surface area contributed by atoms with Crippen LogP contribution in [0.25, 0.3) is 10.9 Å². The van der Waals surface area contributed by atoms with Gasteiger partial charge in [0.2, 0.25) is 0 Å². The number of hydrogen-bond donors (Lipinski definition) is 1. The molecule has 0 bridgehead atoms. The van der Waals surface area contributed by atoms with Crippen molar-refractivity contribution >= 4 is 16.7 Å². The molecule has 0 aliphatic carbocycles.